The van der Waals surface area contributed by atoms with Gasteiger partial charge in [0.05, 0.1) is 5.75 Å². The lowest BCUT2D eigenvalue weighted by molar-refractivity contribution is 0.0279. The first-order chi connectivity index (χ1) is 12.5. The maximum Gasteiger partial charge on any atom is 0.410 e. The molecular formula is C19H27ClN2O4S. The second kappa shape index (κ2) is 7.60. The molecule has 2 atom stereocenters. The SMILES string of the molecule is CC(C)(C)OC(=O)N1C[C@@H]2CN(S(=O)(=O)CCc3cccc(Cl)c3)C[C@@H]2C1. The number of benzene rings is 1. The molecule has 2 heterocycles. The molecule has 150 valence electrons. The summed E-state index contributed by atoms with van der Waals surface area (Å²) < 4.78 is 32.4. The van der Waals surface area contributed by atoms with E-state index in [1.165, 1.54) is 0 Å². The molecule has 6 nitrogen and oxygen atoms in total. The average Bonchev–Trinajstić information content (AvgIpc) is 3.11. The number of carbonyl (C=O) groups excluding carboxylic acids is 1. The number of ether oxygens (including phenoxy) is 1. The van der Waals surface area contributed by atoms with Gasteiger partial charge in [-0.15, -0.1) is 0 Å². The molecule has 0 bridgehead atoms. The van der Waals surface area contributed by atoms with E-state index in [9.17, 15) is 13.2 Å². The highest BCUT2D eigenvalue weighted by molar-refractivity contribution is 7.89. The number of likely N-dealkylation sites (tertiary alicyclic amines) is 1. The van der Waals surface area contributed by atoms with Crippen LogP contribution in [0.5, 0.6) is 0 Å². The summed E-state index contributed by atoms with van der Waals surface area (Å²) in [6.45, 7) is 7.59. The molecule has 3 rings (SSSR count). The predicted molar refractivity (Wildman–Crippen MR) is 105 cm³/mol. The number of carbonyl (C=O) groups is 1. The van der Waals surface area contributed by atoms with E-state index in [0.717, 1.165) is 5.56 Å². The maximum atomic E-state index is 12.7. The van der Waals surface area contributed by atoms with E-state index in [4.69, 9.17) is 16.3 Å². The Morgan fingerprint density at radius 1 is 1.19 bits per heavy atom. The maximum absolute atomic E-state index is 12.7. The van der Waals surface area contributed by atoms with Gasteiger partial charge in [0.25, 0.3) is 0 Å². The number of sulfonamides is 1. The second-order valence-corrected chi connectivity index (χ2v) is 10.9. The molecule has 8 heteroatoms. The highest BCUT2D eigenvalue weighted by Gasteiger charge is 2.45. The van der Waals surface area contributed by atoms with Gasteiger partial charge >= 0.3 is 6.09 Å². The lowest BCUT2D eigenvalue weighted by Crippen LogP contribution is -2.39. The second-order valence-electron chi connectivity index (χ2n) is 8.42. The van der Waals surface area contributed by atoms with Gasteiger partial charge in [0.15, 0.2) is 0 Å². The fourth-order valence-corrected chi connectivity index (χ4v) is 5.52. The van der Waals surface area contributed by atoms with Crippen molar-refractivity contribution >= 4 is 27.7 Å². The first kappa shape index (κ1) is 20.4. The van der Waals surface area contributed by atoms with E-state index in [1.54, 1.807) is 21.3 Å². The Morgan fingerprint density at radius 3 is 2.37 bits per heavy atom. The molecule has 2 fully saturated rings. The Kier molecular flexibility index (Phi) is 5.75. The number of aryl methyl sites for hydroxylation is 1. The molecule has 1 aromatic rings. The molecule has 1 amide bonds. The molecule has 0 unspecified atom stereocenters. The van der Waals surface area contributed by atoms with Crippen molar-refractivity contribution in [3.05, 3.63) is 34.9 Å². The van der Waals surface area contributed by atoms with Crippen LogP contribution in [0, 0.1) is 11.8 Å². The summed E-state index contributed by atoms with van der Waals surface area (Å²) in [6.07, 6.45) is 0.130. The first-order valence-corrected chi connectivity index (χ1v) is 11.2. The third-order valence-electron chi connectivity index (χ3n) is 5.04. The van der Waals surface area contributed by atoms with Gasteiger partial charge in [-0.3, -0.25) is 0 Å². The summed E-state index contributed by atoms with van der Waals surface area (Å²) in [4.78, 5) is 13.9. The van der Waals surface area contributed by atoms with Crippen LogP contribution in [0.1, 0.15) is 26.3 Å². The van der Waals surface area contributed by atoms with Crippen LogP contribution in [0.15, 0.2) is 24.3 Å². The van der Waals surface area contributed by atoms with E-state index in [2.05, 4.69) is 0 Å². The number of fused-ring (bicyclic) bond motifs is 1. The fourth-order valence-electron chi connectivity index (χ4n) is 3.72. The van der Waals surface area contributed by atoms with Crippen LogP contribution in [0.3, 0.4) is 0 Å². The van der Waals surface area contributed by atoms with Crippen molar-refractivity contribution in [3.63, 3.8) is 0 Å². The minimum Gasteiger partial charge on any atom is -0.444 e. The van der Waals surface area contributed by atoms with Crippen molar-refractivity contribution in [3.8, 4) is 0 Å². The van der Waals surface area contributed by atoms with Gasteiger partial charge < -0.3 is 9.64 Å². The number of nitrogens with zero attached hydrogens (tertiary/aromatic N) is 2. The van der Waals surface area contributed by atoms with Crippen molar-refractivity contribution in [2.45, 2.75) is 32.8 Å². The Bertz CT molecular complexity index is 792. The average molecular weight is 415 g/mol. The molecule has 0 aromatic heterocycles. The van der Waals surface area contributed by atoms with Crippen LogP contribution in [0.4, 0.5) is 4.79 Å². The number of rotatable bonds is 4. The van der Waals surface area contributed by atoms with Gasteiger partial charge in [0.2, 0.25) is 10.0 Å². The third-order valence-corrected chi connectivity index (χ3v) is 7.08. The lowest BCUT2D eigenvalue weighted by Gasteiger charge is -2.26. The molecule has 0 radical (unpaired) electrons. The van der Waals surface area contributed by atoms with E-state index in [1.807, 2.05) is 32.9 Å². The minimum atomic E-state index is -3.32. The molecule has 0 N–H and O–H groups in total. The molecule has 0 saturated carbocycles. The van der Waals surface area contributed by atoms with Crippen LogP contribution in [0.25, 0.3) is 0 Å². The van der Waals surface area contributed by atoms with Gasteiger partial charge in [-0.05, 0) is 56.7 Å². The van der Waals surface area contributed by atoms with Crippen molar-refractivity contribution in [1.82, 2.24) is 9.21 Å². The number of hydrogen-bond acceptors (Lipinski definition) is 4. The van der Waals surface area contributed by atoms with Gasteiger partial charge in [0, 0.05) is 31.2 Å². The van der Waals surface area contributed by atoms with Crippen LogP contribution >= 0.6 is 11.6 Å². The first-order valence-electron chi connectivity index (χ1n) is 9.24. The number of amides is 1. The topological polar surface area (TPSA) is 66.9 Å². The summed E-state index contributed by atoms with van der Waals surface area (Å²) in [5.41, 5.74) is 0.395. The predicted octanol–water partition coefficient (Wildman–Crippen LogP) is 3.01. The summed E-state index contributed by atoms with van der Waals surface area (Å²) in [5.74, 6) is 0.430. The van der Waals surface area contributed by atoms with E-state index >= 15 is 0 Å². The van der Waals surface area contributed by atoms with Crippen LogP contribution in [0.2, 0.25) is 5.02 Å². The van der Waals surface area contributed by atoms with Gasteiger partial charge in [-0.25, -0.2) is 17.5 Å². The molecule has 0 aliphatic carbocycles. The van der Waals surface area contributed by atoms with Crippen LogP contribution in [-0.2, 0) is 21.2 Å². The molecule has 2 aliphatic heterocycles. The molecular weight excluding hydrogens is 388 g/mol. The Labute approximate surface area is 166 Å². The zero-order valence-corrected chi connectivity index (χ0v) is 17.6. The fraction of sp³-hybridized carbons (Fsp3) is 0.632. The minimum absolute atomic E-state index is 0.0720. The lowest BCUT2D eigenvalue weighted by atomic mass is 10.0. The van der Waals surface area contributed by atoms with Crippen LogP contribution in [-0.4, -0.2) is 61.2 Å². The highest BCUT2D eigenvalue weighted by Crippen LogP contribution is 2.33. The summed E-state index contributed by atoms with van der Waals surface area (Å²) in [5, 5.41) is 0.614. The zero-order valence-electron chi connectivity index (χ0n) is 16.0. The summed E-state index contributed by atoms with van der Waals surface area (Å²) in [7, 11) is -3.32. The van der Waals surface area contributed by atoms with Gasteiger partial charge in [0.1, 0.15) is 5.60 Å². The highest BCUT2D eigenvalue weighted by atomic mass is 35.5. The molecule has 1 aromatic carbocycles. The van der Waals surface area contributed by atoms with E-state index in [-0.39, 0.29) is 23.7 Å². The standard InChI is InChI=1S/C19H27ClN2O4S/c1-19(2,3)26-18(23)21-10-15-12-22(13-16(15)11-21)27(24,25)8-7-14-5-4-6-17(20)9-14/h4-6,9,15-16H,7-8,10-13H2,1-3H3/t15-,16+. The van der Waals surface area contributed by atoms with Crippen LogP contribution < -0.4 is 0 Å². The zero-order chi connectivity index (χ0) is 19.8. The molecule has 2 saturated heterocycles. The summed E-state index contributed by atoms with van der Waals surface area (Å²) in [6, 6.07) is 7.29. The van der Waals surface area contributed by atoms with Crippen molar-refractivity contribution < 1.29 is 17.9 Å². The van der Waals surface area contributed by atoms with Crippen molar-refractivity contribution in [2.24, 2.45) is 11.8 Å². The Hall–Kier alpha value is -1.31. The van der Waals surface area contributed by atoms with E-state index in [0.29, 0.717) is 37.6 Å². The molecule has 27 heavy (non-hydrogen) atoms. The van der Waals surface area contributed by atoms with Gasteiger partial charge in [-0.1, -0.05) is 23.7 Å². The van der Waals surface area contributed by atoms with Gasteiger partial charge in [-0.2, -0.15) is 0 Å². The Balaban J connectivity index is 1.54. The van der Waals surface area contributed by atoms with E-state index < -0.39 is 15.6 Å². The Morgan fingerprint density at radius 2 is 1.81 bits per heavy atom. The quantitative estimate of drug-likeness (QED) is 0.759. The smallest absolute Gasteiger partial charge is 0.410 e. The van der Waals surface area contributed by atoms with Crippen molar-refractivity contribution in [2.75, 3.05) is 31.9 Å². The molecule has 0 spiro atoms. The summed E-state index contributed by atoms with van der Waals surface area (Å²) >= 11 is 5.96. The largest absolute Gasteiger partial charge is 0.444 e. The monoisotopic (exact) mass is 414 g/mol. The number of halogens is 1. The molecule has 2 aliphatic rings. The number of hydrogen-bond donors (Lipinski definition) is 0. The normalized spacial score (nSPS) is 23.5. The van der Waals surface area contributed by atoms with Crippen molar-refractivity contribution in [1.29, 1.82) is 0 Å². The third kappa shape index (κ3) is 5.15.